The first-order valence-corrected chi connectivity index (χ1v) is 6.15. The number of benzene rings is 2. The summed E-state index contributed by atoms with van der Waals surface area (Å²) < 4.78 is 18.6. The van der Waals surface area contributed by atoms with Gasteiger partial charge in [-0.05, 0) is 42.8 Å². The van der Waals surface area contributed by atoms with Crippen molar-refractivity contribution in [2.45, 2.75) is 13.5 Å². The van der Waals surface area contributed by atoms with E-state index in [1.165, 1.54) is 6.07 Å². The van der Waals surface area contributed by atoms with Crippen LogP contribution in [0.1, 0.15) is 11.1 Å². The molecule has 2 aromatic carbocycles. The molecule has 0 unspecified atom stereocenters. The van der Waals surface area contributed by atoms with Gasteiger partial charge in [-0.15, -0.1) is 0 Å². The summed E-state index contributed by atoms with van der Waals surface area (Å²) in [6, 6.07) is 9.87. The molecule has 0 atom stereocenters. The molecule has 2 rings (SSSR count). The van der Waals surface area contributed by atoms with Crippen LogP contribution in [0.5, 0.6) is 5.75 Å². The van der Waals surface area contributed by atoms with Gasteiger partial charge >= 0.3 is 0 Å². The highest BCUT2D eigenvalue weighted by molar-refractivity contribution is 6.35. The SMILES string of the molecule is Cc1cc(OCc2c(Cl)cccc2Cl)ccc1F. The Morgan fingerprint density at radius 1 is 1.11 bits per heavy atom. The molecule has 0 bridgehead atoms. The van der Waals surface area contributed by atoms with E-state index in [0.717, 1.165) is 5.56 Å². The summed E-state index contributed by atoms with van der Waals surface area (Å²) in [5.41, 5.74) is 1.26. The molecular weight excluding hydrogens is 274 g/mol. The van der Waals surface area contributed by atoms with E-state index in [1.807, 2.05) is 0 Å². The van der Waals surface area contributed by atoms with Crippen LogP contribution in [0.2, 0.25) is 10.0 Å². The second-order valence-electron chi connectivity index (χ2n) is 3.90. The number of ether oxygens (including phenoxy) is 1. The van der Waals surface area contributed by atoms with Crippen molar-refractivity contribution in [2.24, 2.45) is 0 Å². The predicted molar refractivity (Wildman–Crippen MR) is 71.9 cm³/mol. The Morgan fingerprint density at radius 3 is 2.39 bits per heavy atom. The zero-order valence-corrected chi connectivity index (χ0v) is 11.2. The molecule has 0 spiro atoms. The number of hydrogen-bond acceptors (Lipinski definition) is 1. The van der Waals surface area contributed by atoms with Gasteiger partial charge in [0, 0.05) is 15.6 Å². The number of rotatable bonds is 3. The molecule has 1 nitrogen and oxygen atoms in total. The molecule has 4 heteroatoms. The summed E-state index contributed by atoms with van der Waals surface area (Å²) in [7, 11) is 0. The maximum atomic E-state index is 13.1. The average Bonchev–Trinajstić information content (AvgIpc) is 2.33. The van der Waals surface area contributed by atoms with Gasteiger partial charge in [0.05, 0.1) is 0 Å². The van der Waals surface area contributed by atoms with Crippen LogP contribution in [0.25, 0.3) is 0 Å². The maximum absolute atomic E-state index is 13.1. The molecule has 0 saturated carbocycles. The third-order valence-electron chi connectivity index (χ3n) is 2.57. The van der Waals surface area contributed by atoms with Gasteiger partial charge < -0.3 is 4.74 Å². The lowest BCUT2D eigenvalue weighted by atomic mass is 10.2. The van der Waals surface area contributed by atoms with Gasteiger partial charge in [0.15, 0.2) is 0 Å². The van der Waals surface area contributed by atoms with Gasteiger partial charge in [-0.3, -0.25) is 0 Å². The Hall–Kier alpha value is -1.25. The highest BCUT2D eigenvalue weighted by Gasteiger charge is 2.07. The summed E-state index contributed by atoms with van der Waals surface area (Å²) in [5.74, 6) is 0.336. The van der Waals surface area contributed by atoms with E-state index in [0.29, 0.717) is 21.4 Å². The Balaban J connectivity index is 2.14. The van der Waals surface area contributed by atoms with E-state index >= 15 is 0 Å². The second-order valence-corrected chi connectivity index (χ2v) is 4.71. The minimum atomic E-state index is -0.252. The fraction of sp³-hybridized carbons (Fsp3) is 0.143. The lowest BCUT2D eigenvalue weighted by molar-refractivity contribution is 0.305. The third kappa shape index (κ3) is 2.95. The quantitative estimate of drug-likeness (QED) is 0.769. The molecule has 0 aliphatic carbocycles. The van der Waals surface area contributed by atoms with E-state index in [4.69, 9.17) is 27.9 Å². The lowest BCUT2D eigenvalue weighted by Gasteiger charge is -2.10. The first-order chi connectivity index (χ1) is 8.58. The van der Waals surface area contributed by atoms with E-state index in [-0.39, 0.29) is 12.4 Å². The smallest absolute Gasteiger partial charge is 0.126 e. The zero-order chi connectivity index (χ0) is 13.1. The molecular formula is C14H11Cl2FO. The molecule has 0 saturated heterocycles. The third-order valence-corrected chi connectivity index (χ3v) is 3.28. The van der Waals surface area contributed by atoms with Crippen molar-refractivity contribution in [1.29, 1.82) is 0 Å². The summed E-state index contributed by atoms with van der Waals surface area (Å²) in [4.78, 5) is 0. The van der Waals surface area contributed by atoms with Crippen molar-refractivity contribution in [3.63, 3.8) is 0 Å². The van der Waals surface area contributed by atoms with Crippen molar-refractivity contribution in [3.05, 3.63) is 63.4 Å². The van der Waals surface area contributed by atoms with Gasteiger partial charge in [0.25, 0.3) is 0 Å². The maximum Gasteiger partial charge on any atom is 0.126 e. The fourth-order valence-corrected chi connectivity index (χ4v) is 2.04. The van der Waals surface area contributed by atoms with Crippen LogP contribution in [-0.2, 0) is 6.61 Å². The Labute approximate surface area is 115 Å². The van der Waals surface area contributed by atoms with Crippen LogP contribution in [0.3, 0.4) is 0 Å². The molecule has 0 aromatic heterocycles. The topological polar surface area (TPSA) is 9.23 Å². The van der Waals surface area contributed by atoms with Crippen molar-refractivity contribution in [1.82, 2.24) is 0 Å². The summed E-state index contributed by atoms with van der Waals surface area (Å²) >= 11 is 12.1. The van der Waals surface area contributed by atoms with E-state index in [2.05, 4.69) is 0 Å². The largest absolute Gasteiger partial charge is 0.489 e. The Morgan fingerprint density at radius 2 is 1.78 bits per heavy atom. The Bertz CT molecular complexity index is 549. The Kier molecular flexibility index (Phi) is 4.10. The fourth-order valence-electron chi connectivity index (χ4n) is 1.53. The van der Waals surface area contributed by atoms with Crippen molar-refractivity contribution in [2.75, 3.05) is 0 Å². The number of hydrogen-bond donors (Lipinski definition) is 0. The summed E-state index contributed by atoms with van der Waals surface area (Å²) in [6.45, 7) is 1.94. The average molecular weight is 285 g/mol. The van der Waals surface area contributed by atoms with Crippen LogP contribution in [0, 0.1) is 12.7 Å². The van der Waals surface area contributed by atoms with Crippen molar-refractivity contribution < 1.29 is 9.13 Å². The first-order valence-electron chi connectivity index (χ1n) is 5.40. The van der Waals surface area contributed by atoms with E-state index in [1.54, 1.807) is 37.3 Å². The van der Waals surface area contributed by atoms with Crippen LogP contribution in [-0.4, -0.2) is 0 Å². The summed E-state index contributed by atoms with van der Waals surface area (Å²) in [5, 5.41) is 1.11. The molecule has 2 aromatic rings. The molecule has 0 radical (unpaired) electrons. The van der Waals surface area contributed by atoms with Gasteiger partial charge in [-0.25, -0.2) is 4.39 Å². The number of halogens is 3. The normalized spacial score (nSPS) is 10.4. The highest BCUT2D eigenvalue weighted by atomic mass is 35.5. The van der Waals surface area contributed by atoms with Gasteiger partial charge in [0.1, 0.15) is 18.2 Å². The van der Waals surface area contributed by atoms with Crippen LogP contribution >= 0.6 is 23.2 Å². The van der Waals surface area contributed by atoms with Gasteiger partial charge in [0.2, 0.25) is 0 Å². The predicted octanol–water partition coefficient (Wildman–Crippen LogP) is 5.02. The van der Waals surface area contributed by atoms with Crippen molar-refractivity contribution >= 4 is 23.2 Å². The lowest BCUT2D eigenvalue weighted by Crippen LogP contribution is -1.98. The molecule has 0 heterocycles. The molecule has 0 N–H and O–H groups in total. The molecule has 94 valence electrons. The molecule has 18 heavy (non-hydrogen) atoms. The van der Waals surface area contributed by atoms with Gasteiger partial charge in [-0.2, -0.15) is 0 Å². The van der Waals surface area contributed by atoms with Gasteiger partial charge in [-0.1, -0.05) is 29.3 Å². The van der Waals surface area contributed by atoms with Crippen molar-refractivity contribution in [3.8, 4) is 5.75 Å². The second kappa shape index (κ2) is 5.59. The standard InChI is InChI=1S/C14H11Cl2FO/c1-9-7-10(5-6-14(9)17)18-8-11-12(15)3-2-4-13(11)16/h2-7H,8H2,1H3. The minimum absolute atomic E-state index is 0.252. The summed E-state index contributed by atoms with van der Waals surface area (Å²) in [6.07, 6.45) is 0. The van der Waals surface area contributed by atoms with Crippen LogP contribution in [0.4, 0.5) is 4.39 Å². The molecule has 0 aliphatic rings. The zero-order valence-electron chi connectivity index (χ0n) is 9.71. The highest BCUT2D eigenvalue weighted by Crippen LogP contribution is 2.26. The molecule has 0 amide bonds. The molecule has 0 fully saturated rings. The monoisotopic (exact) mass is 284 g/mol. The number of aryl methyl sites for hydroxylation is 1. The first kappa shape index (κ1) is 13.2. The molecule has 0 aliphatic heterocycles. The van der Waals surface area contributed by atoms with E-state index < -0.39 is 0 Å². The van der Waals surface area contributed by atoms with E-state index in [9.17, 15) is 4.39 Å². The van der Waals surface area contributed by atoms with Crippen LogP contribution < -0.4 is 4.74 Å². The van der Waals surface area contributed by atoms with Crippen LogP contribution in [0.15, 0.2) is 36.4 Å². The minimum Gasteiger partial charge on any atom is -0.489 e.